The number of ether oxygens (including phenoxy) is 1. The molecule has 130 valence electrons. The molecule has 0 aliphatic heterocycles. The van der Waals surface area contributed by atoms with E-state index in [2.05, 4.69) is 13.8 Å². The Bertz CT molecular complexity index is 746. The van der Waals surface area contributed by atoms with Gasteiger partial charge >= 0.3 is 5.97 Å². The van der Waals surface area contributed by atoms with Crippen LogP contribution in [0.4, 0.5) is 0 Å². The van der Waals surface area contributed by atoms with E-state index in [4.69, 9.17) is 4.74 Å². The van der Waals surface area contributed by atoms with Crippen molar-refractivity contribution in [1.82, 2.24) is 0 Å². The summed E-state index contributed by atoms with van der Waals surface area (Å²) in [6.45, 7) is 11.3. The Morgan fingerprint density at radius 1 is 1.21 bits per heavy atom. The van der Waals surface area contributed by atoms with Gasteiger partial charge < -0.3 is 9.84 Å². The van der Waals surface area contributed by atoms with Gasteiger partial charge in [-0.25, -0.2) is 4.79 Å². The van der Waals surface area contributed by atoms with E-state index in [0.717, 1.165) is 22.4 Å². The molecule has 0 aromatic heterocycles. The molecule has 1 aromatic carbocycles. The summed E-state index contributed by atoms with van der Waals surface area (Å²) in [5.41, 5.74) is 2.37. The predicted molar refractivity (Wildman–Crippen MR) is 94.4 cm³/mol. The molecule has 0 fully saturated rings. The van der Waals surface area contributed by atoms with Crippen LogP contribution in [-0.4, -0.2) is 24.0 Å². The van der Waals surface area contributed by atoms with Gasteiger partial charge in [-0.2, -0.15) is 0 Å². The molecule has 0 radical (unpaired) electrons. The van der Waals surface area contributed by atoms with Crippen molar-refractivity contribution in [1.29, 1.82) is 0 Å². The summed E-state index contributed by atoms with van der Waals surface area (Å²) in [7, 11) is 1.62. The number of hydrogen-bond donors (Lipinski definition) is 1. The lowest BCUT2D eigenvalue weighted by atomic mass is 9.82. The van der Waals surface area contributed by atoms with Crippen LogP contribution in [0.2, 0.25) is 0 Å². The number of benzene rings is 1. The van der Waals surface area contributed by atoms with E-state index in [1.165, 1.54) is 0 Å². The predicted octanol–water partition coefficient (Wildman–Crippen LogP) is 4.14. The van der Waals surface area contributed by atoms with Crippen LogP contribution >= 0.6 is 0 Å². The number of methoxy groups -OCH3 is 1. The number of hydrogen-bond acceptors (Lipinski definition) is 3. The maximum atomic E-state index is 12.8. The first kappa shape index (κ1) is 18.2. The second-order valence-corrected chi connectivity index (χ2v) is 8.17. The van der Waals surface area contributed by atoms with Crippen molar-refractivity contribution in [3.05, 3.63) is 34.4 Å². The van der Waals surface area contributed by atoms with Crippen molar-refractivity contribution in [3.63, 3.8) is 0 Å². The molecule has 1 N–H and O–H groups in total. The van der Waals surface area contributed by atoms with Crippen molar-refractivity contribution in [2.45, 2.75) is 53.4 Å². The molecule has 0 atom stereocenters. The van der Waals surface area contributed by atoms with Gasteiger partial charge in [0.15, 0.2) is 5.78 Å². The average molecular weight is 330 g/mol. The van der Waals surface area contributed by atoms with Gasteiger partial charge in [0.1, 0.15) is 11.3 Å². The molecule has 24 heavy (non-hydrogen) atoms. The van der Waals surface area contributed by atoms with Crippen LogP contribution in [0.1, 0.15) is 57.7 Å². The van der Waals surface area contributed by atoms with Crippen molar-refractivity contribution in [2.75, 3.05) is 7.11 Å². The molecular formula is C20H26O4. The first-order valence-corrected chi connectivity index (χ1v) is 8.11. The van der Waals surface area contributed by atoms with Crippen LogP contribution in [0, 0.1) is 12.3 Å². The fourth-order valence-electron chi connectivity index (χ4n) is 3.31. The van der Waals surface area contributed by atoms with Crippen LogP contribution in [0.15, 0.2) is 17.7 Å². The maximum Gasteiger partial charge on any atom is 0.339 e. The standard InChI is InChI=1S/C20H26O4/c1-11-8-12-13(16(18(22)23)17(21)19(2,3)4)10-20(5,6)14(12)9-15(11)24-7/h8-9H,10H2,1-7H3,(H,22,23). The lowest BCUT2D eigenvalue weighted by Gasteiger charge is -2.20. The largest absolute Gasteiger partial charge is 0.496 e. The molecule has 1 aromatic rings. The number of allylic oxidation sites excluding steroid dienone is 1. The number of rotatable bonds is 3. The quantitative estimate of drug-likeness (QED) is 0.514. The molecule has 0 saturated carbocycles. The van der Waals surface area contributed by atoms with Gasteiger partial charge in [-0.1, -0.05) is 34.6 Å². The molecule has 4 heteroatoms. The summed E-state index contributed by atoms with van der Waals surface area (Å²) in [6.07, 6.45) is 0.526. The number of carbonyl (C=O) groups excluding carboxylic acids is 1. The summed E-state index contributed by atoms with van der Waals surface area (Å²) < 4.78 is 5.41. The zero-order valence-electron chi connectivity index (χ0n) is 15.5. The van der Waals surface area contributed by atoms with Crippen molar-refractivity contribution in [3.8, 4) is 5.75 Å². The van der Waals surface area contributed by atoms with E-state index in [-0.39, 0.29) is 16.8 Å². The van der Waals surface area contributed by atoms with Crippen molar-refractivity contribution in [2.24, 2.45) is 5.41 Å². The van der Waals surface area contributed by atoms with Crippen LogP contribution in [0.25, 0.3) is 5.57 Å². The van der Waals surface area contributed by atoms with Gasteiger partial charge in [-0.3, -0.25) is 4.79 Å². The number of fused-ring (bicyclic) bond motifs is 1. The minimum Gasteiger partial charge on any atom is -0.496 e. The zero-order valence-corrected chi connectivity index (χ0v) is 15.5. The maximum absolute atomic E-state index is 12.8. The summed E-state index contributed by atoms with van der Waals surface area (Å²) in [4.78, 5) is 24.7. The third-order valence-electron chi connectivity index (χ3n) is 4.63. The second-order valence-electron chi connectivity index (χ2n) is 8.17. The molecular weight excluding hydrogens is 304 g/mol. The summed E-state index contributed by atoms with van der Waals surface area (Å²) >= 11 is 0. The summed E-state index contributed by atoms with van der Waals surface area (Å²) in [6, 6.07) is 3.91. The Morgan fingerprint density at radius 2 is 1.79 bits per heavy atom. The monoisotopic (exact) mass is 330 g/mol. The van der Waals surface area contributed by atoms with Gasteiger partial charge in [0.2, 0.25) is 0 Å². The number of ketones is 1. The smallest absolute Gasteiger partial charge is 0.339 e. The normalized spacial score (nSPS) is 18.1. The van der Waals surface area contributed by atoms with Crippen LogP contribution < -0.4 is 4.74 Å². The topological polar surface area (TPSA) is 63.6 Å². The molecule has 0 spiro atoms. The third-order valence-corrected chi connectivity index (χ3v) is 4.63. The first-order valence-electron chi connectivity index (χ1n) is 8.11. The molecule has 0 heterocycles. The Labute approximate surface area is 143 Å². The molecule has 0 amide bonds. The second kappa shape index (κ2) is 5.76. The van der Waals surface area contributed by atoms with E-state index in [1.807, 2.05) is 19.1 Å². The fourth-order valence-corrected chi connectivity index (χ4v) is 3.31. The number of carboxylic acids is 1. The van der Waals surface area contributed by atoms with E-state index >= 15 is 0 Å². The average Bonchev–Trinajstić information content (AvgIpc) is 2.68. The number of Topliss-reactive ketones (excluding diaryl/α,β-unsaturated/α-hetero) is 1. The minimum atomic E-state index is -1.15. The zero-order chi connectivity index (χ0) is 18.4. The summed E-state index contributed by atoms with van der Waals surface area (Å²) in [5.74, 6) is -0.703. The van der Waals surface area contributed by atoms with Crippen molar-refractivity contribution < 1.29 is 19.4 Å². The fraction of sp³-hybridized carbons (Fsp3) is 0.500. The Balaban J connectivity index is 2.80. The number of carboxylic acid groups (broad SMARTS) is 1. The molecule has 1 aliphatic carbocycles. The highest BCUT2D eigenvalue weighted by Gasteiger charge is 2.40. The van der Waals surface area contributed by atoms with Crippen LogP contribution in [0.5, 0.6) is 5.75 Å². The van der Waals surface area contributed by atoms with Gasteiger partial charge in [0.05, 0.1) is 7.11 Å². The van der Waals surface area contributed by atoms with Crippen LogP contribution in [0.3, 0.4) is 0 Å². The van der Waals surface area contributed by atoms with Crippen molar-refractivity contribution >= 4 is 17.3 Å². The third kappa shape index (κ3) is 2.97. The van der Waals surface area contributed by atoms with Gasteiger partial charge in [0, 0.05) is 5.41 Å². The molecule has 4 nitrogen and oxygen atoms in total. The van der Waals surface area contributed by atoms with Gasteiger partial charge in [-0.15, -0.1) is 0 Å². The highest BCUT2D eigenvalue weighted by Crippen LogP contribution is 2.49. The molecule has 0 unspecified atom stereocenters. The van der Waals surface area contributed by atoms with E-state index in [0.29, 0.717) is 12.0 Å². The molecule has 1 aliphatic rings. The Morgan fingerprint density at radius 3 is 2.25 bits per heavy atom. The minimum absolute atomic E-state index is 0.0844. The van der Waals surface area contributed by atoms with Gasteiger partial charge in [-0.05, 0) is 53.2 Å². The lowest BCUT2D eigenvalue weighted by Crippen LogP contribution is -2.27. The number of aliphatic carboxylic acids is 1. The number of carbonyl (C=O) groups is 2. The highest BCUT2D eigenvalue weighted by atomic mass is 16.5. The summed E-state index contributed by atoms with van der Waals surface area (Å²) in [5, 5.41) is 9.73. The molecule has 0 saturated heterocycles. The Kier molecular flexibility index (Phi) is 4.38. The van der Waals surface area contributed by atoms with E-state index < -0.39 is 11.4 Å². The van der Waals surface area contributed by atoms with Crippen LogP contribution in [-0.2, 0) is 15.0 Å². The molecule has 0 bridgehead atoms. The molecule has 2 rings (SSSR count). The number of aryl methyl sites for hydroxylation is 1. The lowest BCUT2D eigenvalue weighted by molar-refractivity contribution is -0.136. The van der Waals surface area contributed by atoms with E-state index in [1.54, 1.807) is 27.9 Å². The Hall–Kier alpha value is -2.10. The SMILES string of the molecule is COc1cc2c(cc1C)C(=C(C(=O)O)C(=O)C(C)(C)C)CC2(C)C. The highest BCUT2D eigenvalue weighted by molar-refractivity contribution is 6.24. The first-order chi connectivity index (χ1) is 10.9. The van der Waals surface area contributed by atoms with E-state index in [9.17, 15) is 14.7 Å². The van der Waals surface area contributed by atoms with Gasteiger partial charge in [0.25, 0.3) is 0 Å².